The molecule has 0 aromatic heterocycles. The Hall–Kier alpha value is 8.27. The minimum absolute atomic E-state index is 0. The maximum atomic E-state index is 4.44. The van der Waals surface area contributed by atoms with Gasteiger partial charge in [-0.3, -0.25) is 0 Å². The Labute approximate surface area is 302 Å². The quantitative estimate of drug-likeness (QED) is 0.360. The summed E-state index contributed by atoms with van der Waals surface area (Å²) in [7, 11) is 1.74. The van der Waals surface area contributed by atoms with E-state index in [-0.39, 0.29) is 226 Å². The standard InChI is InChI=1S/C4H5N.CH3.CH.13V.Y/c1-3-4-5-2;;;;;;;;;;;;;;;;/h1H2,2H3;1H3;1H;;;;;;;;;;;;;;/q-2;2*-1;;;;;;;;;;;;;+2;. The summed E-state index contributed by atoms with van der Waals surface area (Å²) in [5, 5.41) is 8.30. The van der Waals surface area contributed by atoms with Crippen molar-refractivity contribution in [3.05, 3.63) is 19.7 Å². The molecule has 21 heavy (non-hydrogen) atoms. The normalized spacial score (nSPS) is 2.81. The zero-order valence-electron chi connectivity index (χ0n) is 11.1. The van der Waals surface area contributed by atoms with Crippen molar-refractivity contribution in [2.24, 2.45) is 0 Å². The second-order valence-corrected chi connectivity index (χ2v) is 2.50. The Morgan fingerprint density at radius 2 is 0.952 bits per heavy atom. The smallest absolute Gasteiger partial charge is 0.358 e. The fourth-order valence-electron chi connectivity index (χ4n) is 0.129. The van der Waals surface area contributed by atoms with E-state index in [2.05, 4.69) is 51.4 Å². The van der Waals surface area contributed by atoms with Crippen LogP contribution >= 0.6 is 0 Å². The van der Waals surface area contributed by atoms with Crippen molar-refractivity contribution in [1.29, 1.82) is 0 Å². The van der Waals surface area contributed by atoms with Gasteiger partial charge in [0.25, 0.3) is 0 Å². The van der Waals surface area contributed by atoms with Crippen LogP contribution in [0.5, 0.6) is 0 Å². The average Bonchev–Trinajstić information content (AvgIpc) is 1.91. The van der Waals surface area contributed by atoms with Crippen LogP contribution in [0, 0.1) is 14.4 Å². The van der Waals surface area contributed by atoms with Crippen LogP contribution in [0.3, 0.4) is 0 Å². The molecule has 0 bridgehead atoms. The molecule has 0 saturated carbocycles. The fraction of sp³-hybridized carbons (Fsp3) is 0.167. The van der Waals surface area contributed by atoms with Crippen LogP contribution in [-0.2, 0) is 269 Å². The van der Waals surface area contributed by atoms with Crippen LogP contribution in [0.1, 0.15) is 0 Å². The summed E-state index contributed by atoms with van der Waals surface area (Å²) in [5.41, 5.74) is 0. The van der Waals surface area contributed by atoms with Gasteiger partial charge in [-0.25, -0.2) is 0 Å². The number of rotatable bonds is 2. The first-order chi connectivity index (χ1) is 4.18. The first-order valence-corrected chi connectivity index (χ1v) is 4.18. The molecule has 15 heteroatoms. The summed E-state index contributed by atoms with van der Waals surface area (Å²) in [6.07, 6.45) is 0. The molecular formula is C6H9NV13Y-2. The van der Waals surface area contributed by atoms with Gasteiger partial charge in [0.1, 0.15) is 0 Å². The van der Waals surface area contributed by atoms with E-state index in [0.717, 1.165) is 8.58 Å². The Balaban J connectivity index is -0.00000000281. The molecule has 0 amide bonds. The Morgan fingerprint density at radius 3 is 0.952 bits per heavy atom. The van der Waals surface area contributed by atoms with E-state index in [1.807, 2.05) is 17.0 Å². The zero-order chi connectivity index (χ0) is 7.86. The number of hydrogen-bond acceptors (Lipinski definition) is 0. The molecule has 0 aliphatic carbocycles. The van der Waals surface area contributed by atoms with Crippen LogP contribution in [0.4, 0.5) is 0 Å². The molecule has 108 valence electrons. The third kappa shape index (κ3) is 95.8. The van der Waals surface area contributed by atoms with E-state index >= 15 is 0 Å². The second-order valence-electron chi connectivity index (χ2n) is 0.994. The van der Waals surface area contributed by atoms with Crippen LogP contribution < -0.4 is 0 Å². The summed E-state index contributed by atoms with van der Waals surface area (Å²) in [5.74, 6) is 0. The van der Waals surface area contributed by atoms with Crippen molar-refractivity contribution in [3.8, 4) is 0 Å². The number of nitrogens with zero attached hydrogens (tertiary/aromatic N) is 1. The van der Waals surface area contributed by atoms with Crippen LogP contribution in [-0.4, -0.2) is 20.9 Å². The molecule has 0 heterocycles. The maximum absolute atomic E-state index is 4.44. The molecule has 0 saturated heterocycles. The van der Waals surface area contributed by atoms with Crippen LogP contribution in [0.15, 0.2) is 0 Å². The summed E-state index contributed by atoms with van der Waals surface area (Å²) in [4.78, 5) is 0. The summed E-state index contributed by atoms with van der Waals surface area (Å²) < 4.78 is 1.89. The van der Waals surface area contributed by atoms with Gasteiger partial charge in [0, 0.05) is 200 Å². The van der Waals surface area contributed by atoms with Crippen molar-refractivity contribution in [3.63, 3.8) is 0 Å². The zero-order valence-corrected chi connectivity index (χ0v) is 32.1. The fourth-order valence-corrected chi connectivity index (χ4v) is 0.285. The molecule has 0 aliphatic rings. The summed E-state index contributed by atoms with van der Waals surface area (Å²) in [6.45, 7) is 3.65. The van der Waals surface area contributed by atoms with Crippen molar-refractivity contribution in [1.82, 2.24) is 0 Å². The summed E-state index contributed by atoms with van der Waals surface area (Å²) >= 11 is 6.50. The molecule has 0 rings (SSSR count). The van der Waals surface area contributed by atoms with Gasteiger partial charge >= 0.3 is 103 Å². The van der Waals surface area contributed by atoms with E-state index in [9.17, 15) is 0 Å². The average molecular weight is 846 g/mol. The molecule has 0 spiro atoms. The molecule has 0 aromatic rings. The van der Waals surface area contributed by atoms with Crippen molar-refractivity contribution < 1.29 is 269 Å². The van der Waals surface area contributed by atoms with Gasteiger partial charge in [0.2, 0.25) is 0 Å². The maximum Gasteiger partial charge on any atom is 2.00 e. The van der Waals surface area contributed by atoms with Crippen molar-refractivity contribution >= 4 is 13.8 Å². The van der Waals surface area contributed by atoms with Gasteiger partial charge < -0.3 is 7.43 Å². The van der Waals surface area contributed by atoms with E-state index in [1.165, 1.54) is 0 Å². The van der Waals surface area contributed by atoms with Crippen LogP contribution in [0.25, 0.3) is 5.32 Å². The van der Waals surface area contributed by atoms with Gasteiger partial charge in [-0.2, -0.15) is 0 Å². The Morgan fingerprint density at radius 1 is 0.810 bits per heavy atom. The minimum Gasteiger partial charge on any atom is -0.358 e. The molecule has 0 aliphatic heterocycles. The Bertz CT molecular complexity index is 127. The predicted molar refractivity (Wildman–Crippen MR) is 37.1 cm³/mol. The monoisotopic (exact) mass is 846 g/mol. The minimum atomic E-state index is 0. The molecule has 0 unspecified atom stereocenters. The predicted octanol–water partition coefficient (Wildman–Crippen LogP) is 0.485. The van der Waals surface area contributed by atoms with Gasteiger partial charge in [0.15, 0.2) is 0 Å². The first kappa shape index (κ1) is 100. The molecule has 0 aromatic carbocycles. The molecule has 11 radical (unpaired) electrons. The van der Waals surface area contributed by atoms with Crippen LogP contribution in [0.2, 0.25) is 0 Å². The third-order valence-corrected chi connectivity index (χ3v) is 1.99. The largest absolute Gasteiger partial charge is 2.00 e. The van der Waals surface area contributed by atoms with Crippen molar-refractivity contribution in [2.45, 2.75) is 0 Å². The van der Waals surface area contributed by atoms with E-state index < -0.39 is 0 Å². The van der Waals surface area contributed by atoms with Crippen molar-refractivity contribution in [2.75, 3.05) is 7.05 Å². The van der Waals surface area contributed by atoms with Gasteiger partial charge in [-0.1, -0.05) is 0 Å². The first-order valence-electron chi connectivity index (χ1n) is 1.98. The molecule has 0 N–H and O–H groups in total. The third-order valence-electron chi connectivity index (χ3n) is 0.470. The molecule has 0 fully saturated rings. The topological polar surface area (TPSA) is 14.1 Å². The molecule has 0 atom stereocenters. The second kappa shape index (κ2) is 90.2. The summed E-state index contributed by atoms with van der Waals surface area (Å²) in [6, 6.07) is 0. The van der Waals surface area contributed by atoms with Gasteiger partial charge in [-0.15, -0.1) is 0 Å². The Kier molecular flexibility index (Phi) is 431. The number of hydrogen-bond donors (Lipinski definition) is 0. The van der Waals surface area contributed by atoms with Gasteiger partial charge in [0.05, 0.1) is 0 Å². The van der Waals surface area contributed by atoms with E-state index in [1.54, 1.807) is 7.05 Å². The molecule has 1 nitrogen and oxygen atoms in total. The molecular weight excluding hydrogens is 837 g/mol. The SMILES string of the molecule is [CH-]=[V].[CH2-][C](=[V])[C](=[V])[N-]C.[CH3-].[V+2].[V].[V].[V].[V].[V].[V].[V].[V].[V].[Y]. The van der Waals surface area contributed by atoms with E-state index in [0.29, 0.717) is 0 Å². The van der Waals surface area contributed by atoms with E-state index in [4.69, 9.17) is 0 Å². The van der Waals surface area contributed by atoms with Gasteiger partial charge in [-0.05, 0) is 0 Å².